The van der Waals surface area contributed by atoms with E-state index in [1.807, 2.05) is 24.3 Å². The Labute approximate surface area is 117 Å². The van der Waals surface area contributed by atoms with Crippen molar-refractivity contribution in [2.75, 3.05) is 7.11 Å². The number of aliphatic hydroxyl groups is 1. The fourth-order valence-corrected chi connectivity index (χ4v) is 1.93. The zero-order valence-corrected chi connectivity index (χ0v) is 11.4. The normalized spacial score (nSPS) is 10.3. The van der Waals surface area contributed by atoms with E-state index in [0.717, 1.165) is 16.9 Å². The summed E-state index contributed by atoms with van der Waals surface area (Å²) in [4.78, 5) is 0. The largest absolute Gasteiger partial charge is 0.497 e. The second kappa shape index (κ2) is 6.45. The fraction of sp³-hybridized carbons (Fsp3) is 0.200. The molecule has 2 aromatic carbocycles. The molecule has 0 bridgehead atoms. The van der Waals surface area contributed by atoms with Gasteiger partial charge in [-0.2, -0.15) is 0 Å². The molecule has 0 aliphatic rings. The van der Waals surface area contributed by atoms with E-state index in [9.17, 15) is 0 Å². The molecular formula is C15H15ClO3. The second-order valence-electron chi connectivity index (χ2n) is 4.09. The third-order valence-electron chi connectivity index (χ3n) is 2.68. The molecule has 0 fully saturated rings. The standard InChI is InChI=1S/C15H15ClO3/c1-18-14-4-2-11(3-5-14)10-19-15-7-12(9-17)6-13(16)8-15/h2-8,17H,9-10H2,1H3. The molecule has 0 saturated carbocycles. The molecule has 0 atom stereocenters. The summed E-state index contributed by atoms with van der Waals surface area (Å²) in [6.45, 7) is 0.384. The average Bonchev–Trinajstić information content (AvgIpc) is 2.45. The molecule has 2 rings (SSSR count). The van der Waals surface area contributed by atoms with E-state index in [-0.39, 0.29) is 6.61 Å². The van der Waals surface area contributed by atoms with Crippen LogP contribution in [0.4, 0.5) is 0 Å². The SMILES string of the molecule is COc1ccc(COc2cc(Cl)cc(CO)c2)cc1. The summed E-state index contributed by atoms with van der Waals surface area (Å²) in [5.74, 6) is 1.46. The number of hydrogen-bond donors (Lipinski definition) is 1. The van der Waals surface area contributed by atoms with Crippen LogP contribution in [0, 0.1) is 0 Å². The van der Waals surface area contributed by atoms with Gasteiger partial charge in [0, 0.05) is 5.02 Å². The van der Waals surface area contributed by atoms with Gasteiger partial charge in [0.2, 0.25) is 0 Å². The summed E-state index contributed by atoms with van der Waals surface area (Å²) in [5.41, 5.74) is 1.77. The van der Waals surface area contributed by atoms with Crippen LogP contribution >= 0.6 is 11.6 Å². The van der Waals surface area contributed by atoms with Crippen molar-refractivity contribution in [1.29, 1.82) is 0 Å². The molecule has 1 N–H and O–H groups in total. The Morgan fingerprint density at radius 1 is 1.00 bits per heavy atom. The molecule has 0 unspecified atom stereocenters. The van der Waals surface area contributed by atoms with Crippen molar-refractivity contribution in [2.24, 2.45) is 0 Å². The van der Waals surface area contributed by atoms with E-state index < -0.39 is 0 Å². The Hall–Kier alpha value is -1.71. The summed E-state index contributed by atoms with van der Waals surface area (Å²) in [5, 5.41) is 9.65. The van der Waals surface area contributed by atoms with Gasteiger partial charge in [0.05, 0.1) is 13.7 Å². The summed E-state index contributed by atoms with van der Waals surface area (Å²) >= 11 is 5.94. The zero-order chi connectivity index (χ0) is 13.7. The van der Waals surface area contributed by atoms with Crippen molar-refractivity contribution in [1.82, 2.24) is 0 Å². The van der Waals surface area contributed by atoms with Crippen LogP contribution in [0.3, 0.4) is 0 Å². The molecule has 19 heavy (non-hydrogen) atoms. The number of methoxy groups -OCH3 is 1. The van der Waals surface area contributed by atoms with Gasteiger partial charge in [0.15, 0.2) is 0 Å². The highest BCUT2D eigenvalue weighted by atomic mass is 35.5. The number of halogens is 1. The van der Waals surface area contributed by atoms with Crippen LogP contribution in [0.5, 0.6) is 11.5 Å². The Morgan fingerprint density at radius 3 is 2.37 bits per heavy atom. The van der Waals surface area contributed by atoms with E-state index in [1.165, 1.54) is 0 Å². The van der Waals surface area contributed by atoms with Gasteiger partial charge in [-0.05, 0) is 41.5 Å². The lowest BCUT2D eigenvalue weighted by atomic mass is 10.2. The summed E-state index contributed by atoms with van der Waals surface area (Å²) in [7, 11) is 1.63. The first kappa shape index (κ1) is 13.7. The number of aliphatic hydroxyl groups excluding tert-OH is 1. The zero-order valence-electron chi connectivity index (χ0n) is 10.6. The Kier molecular flexibility index (Phi) is 4.66. The van der Waals surface area contributed by atoms with Gasteiger partial charge in [0.1, 0.15) is 18.1 Å². The fourth-order valence-electron chi connectivity index (χ4n) is 1.68. The molecule has 3 nitrogen and oxygen atoms in total. The van der Waals surface area contributed by atoms with Gasteiger partial charge < -0.3 is 14.6 Å². The lowest BCUT2D eigenvalue weighted by Crippen LogP contribution is -1.96. The van der Waals surface area contributed by atoms with Gasteiger partial charge in [0.25, 0.3) is 0 Å². The molecule has 2 aromatic rings. The third-order valence-corrected chi connectivity index (χ3v) is 2.90. The van der Waals surface area contributed by atoms with Crippen LogP contribution in [0.15, 0.2) is 42.5 Å². The minimum atomic E-state index is -0.0561. The summed E-state index contributed by atoms with van der Waals surface area (Å²) in [6, 6.07) is 12.9. The quantitative estimate of drug-likeness (QED) is 0.911. The topological polar surface area (TPSA) is 38.7 Å². The monoisotopic (exact) mass is 278 g/mol. The van der Waals surface area contributed by atoms with Crippen molar-refractivity contribution in [3.63, 3.8) is 0 Å². The molecule has 0 aromatic heterocycles. The van der Waals surface area contributed by atoms with Crippen molar-refractivity contribution < 1.29 is 14.6 Å². The van der Waals surface area contributed by atoms with E-state index >= 15 is 0 Å². The first-order valence-electron chi connectivity index (χ1n) is 5.87. The lowest BCUT2D eigenvalue weighted by Gasteiger charge is -2.09. The molecule has 0 aliphatic carbocycles. The predicted octanol–water partition coefficient (Wildman–Crippen LogP) is 3.42. The smallest absolute Gasteiger partial charge is 0.121 e. The van der Waals surface area contributed by atoms with Gasteiger partial charge in [-0.3, -0.25) is 0 Å². The highest BCUT2D eigenvalue weighted by Gasteiger charge is 2.01. The molecule has 0 aliphatic heterocycles. The van der Waals surface area contributed by atoms with Gasteiger partial charge >= 0.3 is 0 Å². The molecule has 0 amide bonds. The molecule has 0 radical (unpaired) electrons. The number of hydrogen-bond acceptors (Lipinski definition) is 3. The molecule has 0 saturated heterocycles. The number of rotatable bonds is 5. The van der Waals surface area contributed by atoms with E-state index in [2.05, 4.69) is 0 Å². The van der Waals surface area contributed by atoms with Gasteiger partial charge in [-0.15, -0.1) is 0 Å². The highest BCUT2D eigenvalue weighted by molar-refractivity contribution is 6.30. The summed E-state index contributed by atoms with van der Waals surface area (Å²) in [6.07, 6.45) is 0. The maximum atomic E-state index is 9.10. The van der Waals surface area contributed by atoms with Crippen LogP contribution in [-0.4, -0.2) is 12.2 Å². The number of ether oxygens (including phenoxy) is 2. The minimum absolute atomic E-state index is 0.0561. The first-order valence-corrected chi connectivity index (χ1v) is 6.25. The molecule has 0 heterocycles. The molecular weight excluding hydrogens is 264 g/mol. The van der Waals surface area contributed by atoms with Crippen LogP contribution < -0.4 is 9.47 Å². The van der Waals surface area contributed by atoms with Crippen LogP contribution in [0.25, 0.3) is 0 Å². The first-order chi connectivity index (χ1) is 9.21. The van der Waals surface area contributed by atoms with Crippen LogP contribution in [0.2, 0.25) is 5.02 Å². The van der Waals surface area contributed by atoms with Gasteiger partial charge in [-0.25, -0.2) is 0 Å². The number of benzene rings is 2. The summed E-state index contributed by atoms with van der Waals surface area (Å²) < 4.78 is 10.7. The maximum absolute atomic E-state index is 9.10. The van der Waals surface area contributed by atoms with Crippen molar-refractivity contribution in [3.05, 3.63) is 58.6 Å². The maximum Gasteiger partial charge on any atom is 0.121 e. The predicted molar refractivity (Wildman–Crippen MR) is 74.7 cm³/mol. The van der Waals surface area contributed by atoms with Crippen molar-refractivity contribution >= 4 is 11.6 Å². The second-order valence-corrected chi connectivity index (χ2v) is 4.53. The van der Waals surface area contributed by atoms with Crippen LogP contribution in [0.1, 0.15) is 11.1 Å². The van der Waals surface area contributed by atoms with E-state index in [1.54, 1.807) is 25.3 Å². The third kappa shape index (κ3) is 3.88. The van der Waals surface area contributed by atoms with E-state index in [4.69, 9.17) is 26.2 Å². The highest BCUT2D eigenvalue weighted by Crippen LogP contribution is 2.22. The van der Waals surface area contributed by atoms with E-state index in [0.29, 0.717) is 17.4 Å². The Balaban J connectivity index is 2.03. The Morgan fingerprint density at radius 2 is 1.74 bits per heavy atom. The lowest BCUT2D eigenvalue weighted by molar-refractivity contribution is 0.278. The molecule has 4 heteroatoms. The average molecular weight is 279 g/mol. The minimum Gasteiger partial charge on any atom is -0.497 e. The Bertz CT molecular complexity index is 538. The van der Waals surface area contributed by atoms with Crippen molar-refractivity contribution in [3.8, 4) is 11.5 Å². The molecule has 100 valence electrons. The van der Waals surface area contributed by atoms with Crippen LogP contribution in [-0.2, 0) is 13.2 Å². The van der Waals surface area contributed by atoms with Crippen molar-refractivity contribution in [2.45, 2.75) is 13.2 Å². The molecule has 0 spiro atoms. The van der Waals surface area contributed by atoms with Gasteiger partial charge in [-0.1, -0.05) is 23.7 Å².